The number of hydrogen-bond acceptors (Lipinski definition) is 4. The van der Waals surface area contributed by atoms with E-state index in [1.165, 1.54) is 44.6 Å². The molecule has 0 bridgehead atoms. The largest absolute Gasteiger partial charge is 0.379 e. The molecule has 0 spiro atoms. The van der Waals surface area contributed by atoms with Gasteiger partial charge in [-0.3, -0.25) is 9.88 Å². The Labute approximate surface area is 128 Å². The molecule has 116 valence electrons. The summed E-state index contributed by atoms with van der Waals surface area (Å²) >= 11 is 0. The highest BCUT2D eigenvalue weighted by Crippen LogP contribution is 2.25. The van der Waals surface area contributed by atoms with E-state index in [4.69, 9.17) is 4.74 Å². The van der Waals surface area contributed by atoms with E-state index in [0.29, 0.717) is 0 Å². The van der Waals surface area contributed by atoms with Gasteiger partial charge in [0.2, 0.25) is 0 Å². The molecule has 2 aliphatic rings. The van der Waals surface area contributed by atoms with Gasteiger partial charge in [-0.1, -0.05) is 0 Å². The van der Waals surface area contributed by atoms with Crippen LogP contribution >= 0.6 is 0 Å². The number of anilines is 1. The summed E-state index contributed by atoms with van der Waals surface area (Å²) in [4.78, 5) is 9.36. The summed E-state index contributed by atoms with van der Waals surface area (Å²) in [5.74, 6) is 0.895. The number of aromatic nitrogens is 1. The topological polar surface area (TPSA) is 28.6 Å². The van der Waals surface area contributed by atoms with Crippen LogP contribution < -0.4 is 4.90 Å². The van der Waals surface area contributed by atoms with Crippen LogP contribution in [0.15, 0.2) is 18.3 Å². The molecule has 2 saturated heterocycles. The predicted molar refractivity (Wildman–Crippen MR) is 85.8 cm³/mol. The van der Waals surface area contributed by atoms with Crippen molar-refractivity contribution in [1.29, 1.82) is 0 Å². The Balaban J connectivity index is 1.42. The van der Waals surface area contributed by atoms with Crippen molar-refractivity contribution in [3.05, 3.63) is 24.0 Å². The maximum Gasteiger partial charge on any atom is 0.0594 e. The zero-order chi connectivity index (χ0) is 14.5. The lowest BCUT2D eigenvalue weighted by atomic mass is 9.93. The number of ether oxygens (including phenoxy) is 1. The second-order valence-corrected chi connectivity index (χ2v) is 6.33. The maximum atomic E-state index is 5.41. The summed E-state index contributed by atoms with van der Waals surface area (Å²) in [5, 5.41) is 0. The summed E-state index contributed by atoms with van der Waals surface area (Å²) in [5.41, 5.74) is 2.45. The van der Waals surface area contributed by atoms with Crippen LogP contribution in [0.2, 0.25) is 0 Å². The Bertz CT molecular complexity index is 437. The fourth-order valence-corrected chi connectivity index (χ4v) is 3.40. The molecule has 21 heavy (non-hydrogen) atoms. The molecule has 0 radical (unpaired) electrons. The lowest BCUT2D eigenvalue weighted by Gasteiger charge is -2.35. The van der Waals surface area contributed by atoms with Crippen molar-refractivity contribution >= 4 is 5.69 Å². The summed E-state index contributed by atoms with van der Waals surface area (Å²) in [7, 11) is 0. The average molecular weight is 289 g/mol. The molecule has 2 fully saturated rings. The number of nitrogens with zero attached hydrogens (tertiary/aromatic N) is 3. The Morgan fingerprint density at radius 1 is 1.19 bits per heavy atom. The van der Waals surface area contributed by atoms with E-state index >= 15 is 0 Å². The van der Waals surface area contributed by atoms with Crippen molar-refractivity contribution in [2.24, 2.45) is 5.92 Å². The third-order valence-corrected chi connectivity index (χ3v) is 4.82. The summed E-state index contributed by atoms with van der Waals surface area (Å²) < 4.78 is 5.41. The van der Waals surface area contributed by atoms with Crippen LogP contribution in [0.25, 0.3) is 0 Å². The minimum absolute atomic E-state index is 0.895. The number of piperidine rings is 1. The molecule has 0 aliphatic carbocycles. The van der Waals surface area contributed by atoms with Gasteiger partial charge in [-0.05, 0) is 50.8 Å². The predicted octanol–water partition coefficient (Wildman–Crippen LogP) is 2.33. The third-order valence-electron chi connectivity index (χ3n) is 4.82. The van der Waals surface area contributed by atoms with Gasteiger partial charge in [0.25, 0.3) is 0 Å². The van der Waals surface area contributed by atoms with Crippen LogP contribution in [0.3, 0.4) is 0 Å². The highest BCUT2D eigenvalue weighted by molar-refractivity contribution is 5.46. The van der Waals surface area contributed by atoms with Gasteiger partial charge < -0.3 is 9.64 Å². The molecule has 4 heteroatoms. The number of pyridine rings is 1. The van der Waals surface area contributed by atoms with Gasteiger partial charge in [-0.15, -0.1) is 0 Å². The standard InChI is InChI=1S/C17H27N3O/c1-15-14-17(2-6-18-15)20-8-4-16(5-9-20)3-7-19-10-12-21-13-11-19/h2,6,14,16H,3-5,7-13H2,1H3. The molecular formula is C17H27N3O. The molecule has 1 aromatic rings. The van der Waals surface area contributed by atoms with E-state index in [0.717, 1.165) is 37.9 Å². The molecule has 1 aromatic heterocycles. The van der Waals surface area contributed by atoms with Crippen molar-refractivity contribution < 1.29 is 4.74 Å². The van der Waals surface area contributed by atoms with Crippen LogP contribution in [-0.4, -0.2) is 55.8 Å². The molecule has 0 saturated carbocycles. The van der Waals surface area contributed by atoms with E-state index in [2.05, 4.69) is 33.8 Å². The van der Waals surface area contributed by atoms with E-state index < -0.39 is 0 Å². The van der Waals surface area contributed by atoms with Gasteiger partial charge >= 0.3 is 0 Å². The molecule has 2 aliphatic heterocycles. The van der Waals surface area contributed by atoms with Crippen molar-refractivity contribution in [3.63, 3.8) is 0 Å². The van der Waals surface area contributed by atoms with E-state index in [1.807, 2.05) is 6.20 Å². The molecule has 4 nitrogen and oxygen atoms in total. The van der Waals surface area contributed by atoms with E-state index in [1.54, 1.807) is 0 Å². The first-order valence-corrected chi connectivity index (χ1v) is 8.29. The van der Waals surface area contributed by atoms with Crippen LogP contribution in [0.1, 0.15) is 25.0 Å². The zero-order valence-electron chi connectivity index (χ0n) is 13.1. The third kappa shape index (κ3) is 4.17. The second kappa shape index (κ2) is 7.23. The number of morpholine rings is 1. The monoisotopic (exact) mass is 289 g/mol. The molecule has 0 atom stereocenters. The highest BCUT2D eigenvalue weighted by Gasteiger charge is 2.20. The average Bonchev–Trinajstić information content (AvgIpc) is 2.54. The van der Waals surface area contributed by atoms with Crippen molar-refractivity contribution in [3.8, 4) is 0 Å². The van der Waals surface area contributed by atoms with Gasteiger partial charge in [0.15, 0.2) is 0 Å². The van der Waals surface area contributed by atoms with E-state index in [9.17, 15) is 0 Å². The lowest BCUT2D eigenvalue weighted by molar-refractivity contribution is 0.0349. The highest BCUT2D eigenvalue weighted by atomic mass is 16.5. The molecular weight excluding hydrogens is 262 g/mol. The fourth-order valence-electron chi connectivity index (χ4n) is 3.40. The van der Waals surface area contributed by atoms with Gasteiger partial charge in [0, 0.05) is 43.8 Å². The smallest absolute Gasteiger partial charge is 0.0594 e. The van der Waals surface area contributed by atoms with Crippen LogP contribution in [0.4, 0.5) is 5.69 Å². The molecule has 0 N–H and O–H groups in total. The molecule has 3 heterocycles. The quantitative estimate of drug-likeness (QED) is 0.850. The Kier molecular flexibility index (Phi) is 5.09. The van der Waals surface area contributed by atoms with Gasteiger partial charge in [-0.25, -0.2) is 0 Å². The lowest BCUT2D eigenvalue weighted by Crippen LogP contribution is -2.39. The first kappa shape index (κ1) is 14.8. The van der Waals surface area contributed by atoms with Crippen LogP contribution in [-0.2, 0) is 4.74 Å². The van der Waals surface area contributed by atoms with Gasteiger partial charge in [0.05, 0.1) is 13.2 Å². The normalized spacial score (nSPS) is 21.7. The Morgan fingerprint density at radius 2 is 1.95 bits per heavy atom. The maximum absolute atomic E-state index is 5.41. The van der Waals surface area contributed by atoms with E-state index in [-0.39, 0.29) is 0 Å². The molecule has 0 amide bonds. The van der Waals surface area contributed by atoms with Crippen molar-refractivity contribution in [1.82, 2.24) is 9.88 Å². The molecule has 0 unspecified atom stereocenters. The minimum Gasteiger partial charge on any atom is -0.379 e. The molecule has 3 rings (SSSR count). The Morgan fingerprint density at radius 3 is 2.67 bits per heavy atom. The SMILES string of the molecule is Cc1cc(N2CCC(CCN3CCOCC3)CC2)ccn1. The number of hydrogen-bond donors (Lipinski definition) is 0. The molecule has 0 aromatic carbocycles. The summed E-state index contributed by atoms with van der Waals surface area (Å²) in [6.07, 6.45) is 5.93. The summed E-state index contributed by atoms with van der Waals surface area (Å²) in [6.45, 7) is 9.78. The number of aryl methyl sites for hydroxylation is 1. The van der Waals surface area contributed by atoms with Gasteiger partial charge in [-0.2, -0.15) is 0 Å². The Hall–Kier alpha value is -1.13. The fraction of sp³-hybridized carbons (Fsp3) is 0.706. The zero-order valence-corrected chi connectivity index (χ0v) is 13.1. The van der Waals surface area contributed by atoms with Crippen LogP contribution in [0, 0.1) is 12.8 Å². The number of rotatable bonds is 4. The first-order valence-electron chi connectivity index (χ1n) is 8.29. The second-order valence-electron chi connectivity index (χ2n) is 6.33. The summed E-state index contributed by atoms with van der Waals surface area (Å²) in [6, 6.07) is 4.34. The first-order chi connectivity index (χ1) is 10.3. The van der Waals surface area contributed by atoms with Crippen LogP contribution in [0.5, 0.6) is 0 Å². The minimum atomic E-state index is 0.895. The van der Waals surface area contributed by atoms with Crippen molar-refractivity contribution in [2.75, 3.05) is 50.8 Å². The van der Waals surface area contributed by atoms with Crippen molar-refractivity contribution in [2.45, 2.75) is 26.2 Å². The van der Waals surface area contributed by atoms with Gasteiger partial charge in [0.1, 0.15) is 0 Å².